The molecule has 0 fully saturated rings. The zero-order chi connectivity index (χ0) is 24.7. The Morgan fingerprint density at radius 1 is 0.941 bits per heavy atom. The monoisotopic (exact) mass is 497 g/mol. The molecule has 0 aliphatic carbocycles. The van der Waals surface area contributed by atoms with Gasteiger partial charge in [0.25, 0.3) is 0 Å². The molecule has 6 heteroatoms. The van der Waals surface area contributed by atoms with Crippen LogP contribution in [0.1, 0.15) is 37.8 Å². The van der Waals surface area contributed by atoms with Gasteiger partial charge in [-0.3, -0.25) is 9.59 Å². The molecule has 178 valence electrons. The zero-order valence-corrected chi connectivity index (χ0v) is 20.8. The molecule has 2 N–H and O–H groups in total. The topological polar surface area (TPSA) is 66.4 Å². The lowest BCUT2D eigenvalue weighted by Gasteiger charge is -2.23. The smallest absolute Gasteiger partial charge is 0.303 e. The third-order valence-electron chi connectivity index (χ3n) is 5.85. The second-order valence-electron chi connectivity index (χ2n) is 8.85. The first kappa shape index (κ1) is 25.8. The van der Waals surface area contributed by atoms with E-state index >= 15 is 0 Å². The zero-order valence-electron chi connectivity index (χ0n) is 19.3. The molecule has 0 aromatic heterocycles. The molecule has 34 heavy (non-hydrogen) atoms. The molecule has 3 atom stereocenters. The van der Waals surface area contributed by atoms with Crippen LogP contribution in [-0.4, -0.2) is 23.0 Å². The number of hydrogen-bond donors (Lipinski definition) is 2. The normalized spacial score (nSPS) is 14.1. The van der Waals surface area contributed by atoms with Crippen LogP contribution in [0, 0.1) is 11.8 Å². The van der Waals surface area contributed by atoms with E-state index in [0.29, 0.717) is 16.5 Å². The molecule has 3 rings (SSSR count). The molecule has 0 saturated carbocycles. The van der Waals surface area contributed by atoms with E-state index in [0.717, 1.165) is 11.1 Å². The summed E-state index contributed by atoms with van der Waals surface area (Å²) in [5.41, 5.74) is 2.09. The summed E-state index contributed by atoms with van der Waals surface area (Å²) in [6.07, 6.45) is 4.98. The number of benzene rings is 3. The maximum atomic E-state index is 12.6. The van der Waals surface area contributed by atoms with Gasteiger partial charge in [0.2, 0.25) is 5.91 Å². The summed E-state index contributed by atoms with van der Waals surface area (Å²) in [6, 6.07) is 19.9. The first-order valence-electron chi connectivity index (χ1n) is 11.3. The molecule has 1 amide bonds. The molecule has 0 bridgehead atoms. The first-order chi connectivity index (χ1) is 16.2. The fourth-order valence-electron chi connectivity index (χ4n) is 4.00. The van der Waals surface area contributed by atoms with Gasteiger partial charge in [0.15, 0.2) is 0 Å². The van der Waals surface area contributed by atoms with Crippen LogP contribution in [0.2, 0.25) is 10.0 Å². The average molecular weight is 498 g/mol. The third-order valence-corrected chi connectivity index (χ3v) is 6.59. The Morgan fingerprint density at radius 2 is 1.68 bits per heavy atom. The van der Waals surface area contributed by atoms with E-state index in [1.54, 1.807) is 13.0 Å². The van der Waals surface area contributed by atoms with Crippen molar-refractivity contribution in [2.75, 3.05) is 0 Å². The highest BCUT2D eigenvalue weighted by atomic mass is 35.5. The van der Waals surface area contributed by atoms with Crippen LogP contribution in [0.4, 0.5) is 0 Å². The Kier molecular flexibility index (Phi) is 9.14. The van der Waals surface area contributed by atoms with Gasteiger partial charge in [-0.25, -0.2) is 0 Å². The molecule has 0 saturated heterocycles. The number of carbonyl (C=O) groups excluding carboxylic acids is 1. The fraction of sp³-hybridized carbons (Fsp3) is 0.286. The van der Waals surface area contributed by atoms with E-state index in [4.69, 9.17) is 28.3 Å². The molecule has 0 spiro atoms. The number of halogens is 2. The van der Waals surface area contributed by atoms with Crippen molar-refractivity contribution in [3.8, 4) is 0 Å². The van der Waals surface area contributed by atoms with Crippen LogP contribution in [0.25, 0.3) is 16.8 Å². The highest BCUT2D eigenvalue weighted by Gasteiger charge is 2.20. The van der Waals surface area contributed by atoms with Gasteiger partial charge in [0, 0.05) is 24.8 Å². The van der Waals surface area contributed by atoms with Crippen molar-refractivity contribution in [1.29, 1.82) is 0 Å². The number of carbonyl (C=O) groups is 2. The maximum Gasteiger partial charge on any atom is 0.303 e. The predicted molar refractivity (Wildman–Crippen MR) is 140 cm³/mol. The number of amides is 1. The Bertz CT molecular complexity index is 1190. The minimum atomic E-state index is -0.899. The van der Waals surface area contributed by atoms with Crippen molar-refractivity contribution in [1.82, 2.24) is 5.32 Å². The SMILES string of the molecule is CC(CC(=O)O)CC(=O)NC(C)C(C=Cc1ccc2ccccc2c1)Cc1ccc(Cl)c(Cl)c1. The number of nitrogens with one attached hydrogen (secondary N) is 1. The van der Waals surface area contributed by atoms with E-state index in [1.807, 2.05) is 31.2 Å². The van der Waals surface area contributed by atoms with Gasteiger partial charge in [-0.15, -0.1) is 0 Å². The maximum absolute atomic E-state index is 12.6. The molecule has 0 radical (unpaired) electrons. The summed E-state index contributed by atoms with van der Waals surface area (Å²) in [4.78, 5) is 23.5. The molecule has 0 aliphatic rings. The van der Waals surface area contributed by atoms with Crippen molar-refractivity contribution >= 4 is 51.9 Å². The summed E-state index contributed by atoms with van der Waals surface area (Å²) >= 11 is 12.3. The summed E-state index contributed by atoms with van der Waals surface area (Å²) in [6.45, 7) is 3.73. The van der Waals surface area contributed by atoms with E-state index in [1.165, 1.54) is 10.8 Å². The van der Waals surface area contributed by atoms with Gasteiger partial charge < -0.3 is 10.4 Å². The number of aliphatic carboxylic acids is 1. The molecule has 3 aromatic rings. The minimum Gasteiger partial charge on any atom is -0.481 e. The van der Waals surface area contributed by atoms with Crippen LogP contribution in [-0.2, 0) is 16.0 Å². The van der Waals surface area contributed by atoms with E-state index < -0.39 is 5.97 Å². The van der Waals surface area contributed by atoms with E-state index in [2.05, 4.69) is 47.8 Å². The molecule has 0 aliphatic heterocycles. The summed E-state index contributed by atoms with van der Waals surface area (Å²) in [5, 5.41) is 15.4. The molecule has 0 heterocycles. The molecule has 4 nitrogen and oxygen atoms in total. The van der Waals surface area contributed by atoms with Gasteiger partial charge in [-0.1, -0.05) is 84.7 Å². The van der Waals surface area contributed by atoms with E-state index in [9.17, 15) is 9.59 Å². The summed E-state index contributed by atoms with van der Waals surface area (Å²) < 4.78 is 0. The van der Waals surface area contributed by atoms with Crippen molar-refractivity contribution in [3.63, 3.8) is 0 Å². The van der Waals surface area contributed by atoms with Crippen LogP contribution < -0.4 is 5.32 Å². The van der Waals surface area contributed by atoms with Gasteiger partial charge in [-0.2, -0.15) is 0 Å². The Hall–Kier alpha value is -2.82. The Balaban J connectivity index is 1.78. The van der Waals surface area contributed by atoms with Gasteiger partial charge in [0.1, 0.15) is 0 Å². The van der Waals surface area contributed by atoms with Crippen molar-refractivity contribution in [3.05, 3.63) is 87.9 Å². The second kappa shape index (κ2) is 12.0. The van der Waals surface area contributed by atoms with Crippen molar-refractivity contribution in [2.24, 2.45) is 11.8 Å². The summed E-state index contributed by atoms with van der Waals surface area (Å²) in [5.74, 6) is -1.29. The Morgan fingerprint density at radius 3 is 2.38 bits per heavy atom. The number of carboxylic acids is 1. The number of hydrogen-bond acceptors (Lipinski definition) is 2. The highest BCUT2D eigenvalue weighted by molar-refractivity contribution is 6.42. The highest BCUT2D eigenvalue weighted by Crippen LogP contribution is 2.26. The standard InChI is InChI=1S/C28H29Cl2NO3/c1-18(14-28(33)34)13-27(32)31-19(2)23(16-21-9-12-25(29)26(30)17-21)11-8-20-7-10-22-5-3-4-6-24(22)15-20/h3-12,15,17-19,23H,13-14,16H2,1-2H3,(H,31,32)(H,33,34). The van der Waals surface area contributed by atoms with Gasteiger partial charge in [-0.05, 0) is 59.4 Å². The van der Waals surface area contributed by atoms with Crippen molar-refractivity contribution < 1.29 is 14.7 Å². The molecule has 3 aromatic carbocycles. The lowest BCUT2D eigenvalue weighted by atomic mass is 9.91. The number of carboxylic acid groups (broad SMARTS) is 1. The minimum absolute atomic E-state index is 0.0116. The van der Waals surface area contributed by atoms with Crippen molar-refractivity contribution in [2.45, 2.75) is 39.2 Å². The molecular weight excluding hydrogens is 469 g/mol. The van der Waals surface area contributed by atoms with Crippen LogP contribution >= 0.6 is 23.2 Å². The average Bonchev–Trinajstić information content (AvgIpc) is 2.78. The molecule has 3 unspecified atom stereocenters. The van der Waals surface area contributed by atoms with Gasteiger partial charge in [0.05, 0.1) is 10.0 Å². The Labute approximate surface area is 210 Å². The predicted octanol–water partition coefficient (Wildman–Crippen LogP) is 7.02. The lowest BCUT2D eigenvalue weighted by Crippen LogP contribution is -2.39. The lowest BCUT2D eigenvalue weighted by molar-refractivity contribution is -0.138. The van der Waals surface area contributed by atoms with E-state index in [-0.39, 0.29) is 36.6 Å². The first-order valence-corrected chi connectivity index (χ1v) is 12.1. The quantitative estimate of drug-likeness (QED) is 0.316. The van der Waals surface area contributed by atoms with Gasteiger partial charge >= 0.3 is 5.97 Å². The van der Waals surface area contributed by atoms with Crippen LogP contribution in [0.5, 0.6) is 0 Å². The largest absolute Gasteiger partial charge is 0.481 e. The third kappa shape index (κ3) is 7.61. The molecular formula is C28H29Cl2NO3. The number of rotatable bonds is 10. The fourth-order valence-corrected chi connectivity index (χ4v) is 4.32. The second-order valence-corrected chi connectivity index (χ2v) is 9.66. The number of fused-ring (bicyclic) bond motifs is 1. The summed E-state index contributed by atoms with van der Waals surface area (Å²) in [7, 11) is 0. The van der Waals surface area contributed by atoms with Crippen LogP contribution in [0.15, 0.2) is 66.7 Å². The van der Waals surface area contributed by atoms with Crippen LogP contribution in [0.3, 0.4) is 0 Å².